The molecule has 2 rings (SSSR count). The van der Waals surface area contributed by atoms with E-state index in [1.54, 1.807) is 13.3 Å². The largest absolute Gasteiger partial charge is 0.493 e. The van der Waals surface area contributed by atoms with Gasteiger partial charge in [-0.1, -0.05) is 0 Å². The molecule has 0 saturated carbocycles. The van der Waals surface area contributed by atoms with E-state index in [1.807, 2.05) is 4.68 Å². The van der Waals surface area contributed by atoms with Crippen molar-refractivity contribution in [2.75, 3.05) is 13.7 Å². The van der Waals surface area contributed by atoms with Crippen LogP contribution in [0.4, 0.5) is 0 Å². The number of rotatable bonds is 6. The van der Waals surface area contributed by atoms with Crippen molar-refractivity contribution in [1.82, 2.24) is 9.78 Å². The van der Waals surface area contributed by atoms with Crippen molar-refractivity contribution in [3.63, 3.8) is 0 Å². The van der Waals surface area contributed by atoms with Gasteiger partial charge in [-0.15, -0.1) is 0 Å². The molecule has 1 aromatic rings. The van der Waals surface area contributed by atoms with E-state index in [2.05, 4.69) is 12.0 Å². The molecule has 0 radical (unpaired) electrons. The molecule has 2 heterocycles. The Labute approximate surface area is 115 Å². The Morgan fingerprint density at radius 2 is 2.42 bits per heavy atom. The molecule has 0 spiro atoms. The predicted molar refractivity (Wildman–Crippen MR) is 74.2 cm³/mol. The Hall–Kier alpha value is -1.07. The van der Waals surface area contributed by atoms with Crippen molar-refractivity contribution in [3.05, 3.63) is 11.9 Å². The molecule has 5 heteroatoms. The van der Waals surface area contributed by atoms with Crippen LogP contribution >= 0.6 is 0 Å². The van der Waals surface area contributed by atoms with Gasteiger partial charge < -0.3 is 15.2 Å². The quantitative estimate of drug-likeness (QED) is 0.858. The molecule has 1 aromatic heterocycles. The summed E-state index contributed by atoms with van der Waals surface area (Å²) in [5.41, 5.74) is 7.31. The van der Waals surface area contributed by atoms with Crippen molar-refractivity contribution in [2.45, 2.75) is 57.7 Å². The van der Waals surface area contributed by atoms with Gasteiger partial charge in [0.15, 0.2) is 5.75 Å². The molecule has 1 saturated heterocycles. The van der Waals surface area contributed by atoms with Crippen molar-refractivity contribution in [1.29, 1.82) is 0 Å². The first-order valence-electron chi connectivity index (χ1n) is 7.23. The second-order valence-corrected chi connectivity index (χ2v) is 5.09. The Bertz CT molecular complexity index is 365. The summed E-state index contributed by atoms with van der Waals surface area (Å²) in [4.78, 5) is 0. The zero-order valence-corrected chi connectivity index (χ0v) is 12.0. The average Bonchev–Trinajstić information content (AvgIpc) is 2.89. The first-order chi connectivity index (χ1) is 9.26. The zero-order valence-electron chi connectivity index (χ0n) is 12.0. The number of hydrogen-bond donors (Lipinski definition) is 1. The van der Waals surface area contributed by atoms with Crippen LogP contribution in [0.25, 0.3) is 0 Å². The zero-order chi connectivity index (χ0) is 13.7. The first-order valence-corrected chi connectivity index (χ1v) is 7.23. The maximum atomic E-state index is 6.31. The predicted octanol–water partition coefficient (Wildman–Crippen LogP) is 2.26. The van der Waals surface area contributed by atoms with E-state index in [0.29, 0.717) is 6.10 Å². The van der Waals surface area contributed by atoms with E-state index < -0.39 is 0 Å². The van der Waals surface area contributed by atoms with Gasteiger partial charge in [-0.05, 0) is 39.0 Å². The molecule has 0 bridgehead atoms. The lowest BCUT2D eigenvalue weighted by Gasteiger charge is -2.24. The normalized spacial score (nSPS) is 21.3. The summed E-state index contributed by atoms with van der Waals surface area (Å²) >= 11 is 0. The number of methoxy groups -OCH3 is 1. The smallest absolute Gasteiger partial charge is 0.161 e. The number of ether oxygens (including phenoxy) is 2. The van der Waals surface area contributed by atoms with Crippen molar-refractivity contribution < 1.29 is 9.47 Å². The lowest BCUT2D eigenvalue weighted by Crippen LogP contribution is -2.23. The van der Waals surface area contributed by atoms with Gasteiger partial charge in [-0.3, -0.25) is 4.68 Å². The molecule has 2 unspecified atom stereocenters. The minimum atomic E-state index is -0.0390. The Balaban J connectivity index is 1.94. The van der Waals surface area contributed by atoms with Crippen molar-refractivity contribution in [3.8, 4) is 5.75 Å². The molecular formula is C14H25N3O2. The highest BCUT2D eigenvalue weighted by atomic mass is 16.5. The van der Waals surface area contributed by atoms with Crippen LogP contribution in [0.3, 0.4) is 0 Å². The Morgan fingerprint density at radius 1 is 1.58 bits per heavy atom. The standard InChI is InChI=1S/C14H25N3O2/c1-3-17-14(13(18-2)10-16-17)12(15)8-7-11-6-4-5-9-19-11/h10-12H,3-9,15H2,1-2H3. The van der Waals surface area contributed by atoms with E-state index >= 15 is 0 Å². The van der Waals surface area contributed by atoms with Crippen LogP contribution in [0, 0.1) is 0 Å². The summed E-state index contributed by atoms with van der Waals surface area (Å²) in [5, 5.41) is 4.30. The van der Waals surface area contributed by atoms with Gasteiger partial charge in [-0.25, -0.2) is 0 Å². The van der Waals surface area contributed by atoms with Gasteiger partial charge in [-0.2, -0.15) is 5.10 Å². The second kappa shape index (κ2) is 6.91. The van der Waals surface area contributed by atoms with E-state index in [0.717, 1.165) is 43.9 Å². The SMILES string of the molecule is CCn1ncc(OC)c1C(N)CCC1CCCCO1. The monoisotopic (exact) mass is 267 g/mol. The van der Waals surface area contributed by atoms with Gasteiger partial charge in [0.05, 0.1) is 31.1 Å². The van der Waals surface area contributed by atoms with Gasteiger partial charge >= 0.3 is 0 Å². The highest BCUT2D eigenvalue weighted by molar-refractivity contribution is 5.28. The molecule has 19 heavy (non-hydrogen) atoms. The minimum Gasteiger partial charge on any atom is -0.493 e. The Morgan fingerprint density at radius 3 is 3.05 bits per heavy atom. The van der Waals surface area contributed by atoms with Crippen LogP contribution in [0.2, 0.25) is 0 Å². The summed E-state index contributed by atoms with van der Waals surface area (Å²) in [6, 6.07) is -0.0390. The van der Waals surface area contributed by atoms with Crippen LogP contribution in [-0.2, 0) is 11.3 Å². The summed E-state index contributed by atoms with van der Waals surface area (Å²) in [7, 11) is 1.66. The van der Waals surface area contributed by atoms with E-state index in [4.69, 9.17) is 15.2 Å². The summed E-state index contributed by atoms with van der Waals surface area (Å²) in [6.45, 7) is 3.77. The van der Waals surface area contributed by atoms with Crippen molar-refractivity contribution >= 4 is 0 Å². The molecular weight excluding hydrogens is 242 g/mol. The maximum Gasteiger partial charge on any atom is 0.161 e. The van der Waals surface area contributed by atoms with Crippen LogP contribution in [0.1, 0.15) is 50.8 Å². The number of nitrogens with zero attached hydrogens (tertiary/aromatic N) is 2. The lowest BCUT2D eigenvalue weighted by molar-refractivity contribution is 0.00898. The van der Waals surface area contributed by atoms with Gasteiger partial charge in [0.25, 0.3) is 0 Å². The number of aryl methyl sites for hydroxylation is 1. The third-order valence-electron chi connectivity index (χ3n) is 3.79. The second-order valence-electron chi connectivity index (χ2n) is 5.09. The maximum absolute atomic E-state index is 6.31. The lowest BCUT2D eigenvalue weighted by atomic mass is 10.0. The molecule has 2 atom stereocenters. The van der Waals surface area contributed by atoms with Crippen LogP contribution in [0.15, 0.2) is 6.20 Å². The van der Waals surface area contributed by atoms with E-state index in [-0.39, 0.29) is 6.04 Å². The summed E-state index contributed by atoms with van der Waals surface area (Å²) in [5.74, 6) is 0.791. The fraction of sp³-hybridized carbons (Fsp3) is 0.786. The highest BCUT2D eigenvalue weighted by Gasteiger charge is 2.21. The molecule has 0 amide bonds. The van der Waals surface area contributed by atoms with Crippen molar-refractivity contribution in [2.24, 2.45) is 5.73 Å². The van der Waals surface area contributed by atoms with Crippen LogP contribution in [0.5, 0.6) is 5.75 Å². The fourth-order valence-electron chi connectivity index (χ4n) is 2.70. The average molecular weight is 267 g/mol. The molecule has 1 aliphatic rings. The number of nitrogens with two attached hydrogens (primary N) is 1. The molecule has 1 aliphatic heterocycles. The van der Waals surface area contributed by atoms with Crippen LogP contribution in [-0.4, -0.2) is 29.6 Å². The minimum absolute atomic E-state index is 0.0390. The molecule has 5 nitrogen and oxygen atoms in total. The molecule has 2 N–H and O–H groups in total. The van der Waals surface area contributed by atoms with E-state index in [9.17, 15) is 0 Å². The number of aromatic nitrogens is 2. The van der Waals surface area contributed by atoms with Crippen LogP contribution < -0.4 is 10.5 Å². The Kier molecular flexibility index (Phi) is 5.22. The molecule has 108 valence electrons. The molecule has 1 fully saturated rings. The van der Waals surface area contributed by atoms with Gasteiger partial charge in [0.2, 0.25) is 0 Å². The summed E-state index contributed by atoms with van der Waals surface area (Å²) in [6.07, 6.45) is 7.68. The first kappa shape index (κ1) is 14.3. The summed E-state index contributed by atoms with van der Waals surface area (Å²) < 4.78 is 13.0. The van der Waals surface area contributed by atoms with E-state index in [1.165, 1.54) is 12.8 Å². The third kappa shape index (κ3) is 3.48. The number of hydrogen-bond acceptors (Lipinski definition) is 4. The third-order valence-corrected chi connectivity index (χ3v) is 3.79. The topological polar surface area (TPSA) is 62.3 Å². The van der Waals surface area contributed by atoms with Gasteiger partial charge in [0, 0.05) is 13.2 Å². The highest BCUT2D eigenvalue weighted by Crippen LogP contribution is 2.28. The van der Waals surface area contributed by atoms with Gasteiger partial charge in [0.1, 0.15) is 0 Å². The molecule has 0 aromatic carbocycles. The molecule has 0 aliphatic carbocycles. The fourth-order valence-corrected chi connectivity index (χ4v) is 2.70.